The summed E-state index contributed by atoms with van der Waals surface area (Å²) >= 11 is 0. The third kappa shape index (κ3) is 2.85. The van der Waals surface area contributed by atoms with Crippen molar-refractivity contribution in [3.05, 3.63) is 35.9 Å². The molecule has 0 aliphatic heterocycles. The SMILES string of the molecule is CNC(CCCc1ccccc1)C1(C)CC1. The maximum absolute atomic E-state index is 3.49. The molecule has 1 N–H and O–H groups in total. The minimum Gasteiger partial charge on any atom is -0.316 e. The van der Waals surface area contributed by atoms with Crippen molar-refractivity contribution in [2.24, 2.45) is 5.41 Å². The molecule has 0 amide bonds. The first kappa shape index (κ1) is 11.7. The summed E-state index contributed by atoms with van der Waals surface area (Å²) in [7, 11) is 2.11. The summed E-state index contributed by atoms with van der Waals surface area (Å²) in [4.78, 5) is 0. The smallest absolute Gasteiger partial charge is 0.0118 e. The Kier molecular flexibility index (Phi) is 3.65. The average molecular weight is 217 g/mol. The van der Waals surface area contributed by atoms with Crippen LogP contribution >= 0.6 is 0 Å². The highest BCUT2D eigenvalue weighted by Gasteiger charge is 2.43. The lowest BCUT2D eigenvalue weighted by Gasteiger charge is -2.22. The minimum atomic E-state index is 0.603. The molecule has 1 fully saturated rings. The lowest BCUT2D eigenvalue weighted by Crippen LogP contribution is -2.33. The van der Waals surface area contributed by atoms with Crippen molar-refractivity contribution in [3.8, 4) is 0 Å². The molecular weight excluding hydrogens is 194 g/mol. The van der Waals surface area contributed by atoms with E-state index in [-0.39, 0.29) is 0 Å². The predicted molar refractivity (Wildman–Crippen MR) is 69.6 cm³/mol. The molecule has 1 heteroatoms. The number of nitrogens with one attached hydrogen (secondary N) is 1. The predicted octanol–water partition coefficient (Wildman–Crippen LogP) is 3.40. The van der Waals surface area contributed by atoms with Crippen molar-refractivity contribution in [2.45, 2.75) is 45.1 Å². The largest absolute Gasteiger partial charge is 0.316 e. The summed E-state index contributed by atoms with van der Waals surface area (Å²) in [5.74, 6) is 0. The third-order valence-corrected chi connectivity index (χ3v) is 4.03. The molecule has 0 spiro atoms. The van der Waals surface area contributed by atoms with Gasteiger partial charge in [0.05, 0.1) is 0 Å². The van der Waals surface area contributed by atoms with Crippen molar-refractivity contribution in [2.75, 3.05) is 7.05 Å². The van der Waals surface area contributed by atoms with Crippen LogP contribution in [0, 0.1) is 5.41 Å². The van der Waals surface area contributed by atoms with Crippen molar-refractivity contribution in [1.82, 2.24) is 5.32 Å². The van der Waals surface area contributed by atoms with Gasteiger partial charge in [0.25, 0.3) is 0 Å². The highest BCUT2D eigenvalue weighted by Crippen LogP contribution is 2.49. The molecule has 1 atom stereocenters. The highest BCUT2D eigenvalue weighted by atomic mass is 14.9. The number of rotatable bonds is 6. The van der Waals surface area contributed by atoms with Crippen LogP contribution in [0.25, 0.3) is 0 Å². The molecule has 2 rings (SSSR count). The Morgan fingerprint density at radius 3 is 2.50 bits per heavy atom. The van der Waals surface area contributed by atoms with Gasteiger partial charge >= 0.3 is 0 Å². The number of aryl methyl sites for hydroxylation is 1. The Hall–Kier alpha value is -0.820. The van der Waals surface area contributed by atoms with E-state index in [2.05, 4.69) is 49.6 Å². The van der Waals surface area contributed by atoms with Crippen molar-refractivity contribution in [1.29, 1.82) is 0 Å². The van der Waals surface area contributed by atoms with Gasteiger partial charge in [0, 0.05) is 6.04 Å². The summed E-state index contributed by atoms with van der Waals surface area (Å²) < 4.78 is 0. The second kappa shape index (κ2) is 5.01. The first-order valence-electron chi connectivity index (χ1n) is 6.46. The van der Waals surface area contributed by atoms with Crippen molar-refractivity contribution >= 4 is 0 Å². The Bertz CT molecular complexity index is 313. The Labute approximate surface area is 99.3 Å². The van der Waals surface area contributed by atoms with Gasteiger partial charge < -0.3 is 5.32 Å². The van der Waals surface area contributed by atoms with E-state index >= 15 is 0 Å². The molecule has 0 radical (unpaired) electrons. The van der Waals surface area contributed by atoms with Crippen LogP contribution in [0.3, 0.4) is 0 Å². The van der Waals surface area contributed by atoms with Gasteiger partial charge in [-0.3, -0.25) is 0 Å². The van der Waals surface area contributed by atoms with Gasteiger partial charge in [0.1, 0.15) is 0 Å². The molecule has 1 aliphatic carbocycles. The summed E-state index contributed by atoms with van der Waals surface area (Å²) in [6, 6.07) is 11.5. The number of hydrogen-bond donors (Lipinski definition) is 1. The van der Waals surface area contributed by atoms with Crippen LogP contribution in [0.15, 0.2) is 30.3 Å². The second-order valence-electron chi connectivity index (χ2n) is 5.37. The fourth-order valence-corrected chi connectivity index (χ4v) is 2.54. The van der Waals surface area contributed by atoms with E-state index in [1.165, 1.54) is 37.7 Å². The lowest BCUT2D eigenvalue weighted by atomic mass is 9.93. The molecule has 0 aromatic heterocycles. The molecule has 1 aromatic carbocycles. The van der Waals surface area contributed by atoms with Gasteiger partial charge in [0.2, 0.25) is 0 Å². The number of benzene rings is 1. The molecule has 1 nitrogen and oxygen atoms in total. The molecule has 1 aromatic rings. The molecule has 0 bridgehead atoms. The monoisotopic (exact) mass is 217 g/mol. The fourth-order valence-electron chi connectivity index (χ4n) is 2.54. The lowest BCUT2D eigenvalue weighted by molar-refractivity contribution is 0.350. The van der Waals surface area contributed by atoms with Crippen LogP contribution in [0.4, 0.5) is 0 Å². The van der Waals surface area contributed by atoms with Gasteiger partial charge in [-0.05, 0) is 50.1 Å². The molecule has 0 saturated heterocycles. The van der Waals surface area contributed by atoms with E-state index in [1.807, 2.05) is 0 Å². The Morgan fingerprint density at radius 1 is 1.25 bits per heavy atom. The topological polar surface area (TPSA) is 12.0 Å². The van der Waals surface area contributed by atoms with Crippen LogP contribution in [-0.2, 0) is 6.42 Å². The van der Waals surface area contributed by atoms with Gasteiger partial charge in [-0.25, -0.2) is 0 Å². The van der Waals surface area contributed by atoms with E-state index in [1.54, 1.807) is 0 Å². The first-order chi connectivity index (χ1) is 7.74. The maximum Gasteiger partial charge on any atom is 0.0118 e. The maximum atomic E-state index is 3.49. The summed E-state index contributed by atoms with van der Waals surface area (Å²) in [6.45, 7) is 2.41. The zero-order valence-electron chi connectivity index (χ0n) is 10.5. The second-order valence-corrected chi connectivity index (χ2v) is 5.37. The van der Waals surface area contributed by atoms with Crippen LogP contribution in [0.2, 0.25) is 0 Å². The van der Waals surface area contributed by atoms with Crippen LogP contribution in [-0.4, -0.2) is 13.1 Å². The molecular formula is C15H23N. The van der Waals surface area contributed by atoms with Crippen molar-refractivity contribution in [3.63, 3.8) is 0 Å². The highest BCUT2D eigenvalue weighted by molar-refractivity contribution is 5.14. The quantitative estimate of drug-likeness (QED) is 0.770. The van der Waals surface area contributed by atoms with Gasteiger partial charge in [-0.1, -0.05) is 37.3 Å². The third-order valence-electron chi connectivity index (χ3n) is 4.03. The van der Waals surface area contributed by atoms with Crippen LogP contribution in [0.1, 0.15) is 38.2 Å². The average Bonchev–Trinajstić information content (AvgIpc) is 3.05. The Balaban J connectivity index is 1.75. The summed E-state index contributed by atoms with van der Waals surface area (Å²) in [5, 5.41) is 3.49. The summed E-state index contributed by atoms with van der Waals surface area (Å²) in [6.07, 6.45) is 6.63. The molecule has 1 saturated carbocycles. The van der Waals surface area contributed by atoms with E-state index in [9.17, 15) is 0 Å². The van der Waals surface area contributed by atoms with Gasteiger partial charge in [0.15, 0.2) is 0 Å². The molecule has 0 heterocycles. The standard InChI is InChI=1S/C15H23N/c1-15(11-12-15)14(16-2)10-6-9-13-7-4-3-5-8-13/h3-5,7-8,14,16H,6,9-12H2,1-2H3. The van der Waals surface area contributed by atoms with E-state index < -0.39 is 0 Å². The zero-order valence-corrected chi connectivity index (χ0v) is 10.5. The molecule has 16 heavy (non-hydrogen) atoms. The molecule has 88 valence electrons. The van der Waals surface area contributed by atoms with Crippen LogP contribution < -0.4 is 5.32 Å². The van der Waals surface area contributed by atoms with E-state index in [4.69, 9.17) is 0 Å². The summed E-state index contributed by atoms with van der Waals surface area (Å²) in [5.41, 5.74) is 2.07. The minimum absolute atomic E-state index is 0.603. The van der Waals surface area contributed by atoms with E-state index in [0.29, 0.717) is 5.41 Å². The van der Waals surface area contributed by atoms with E-state index in [0.717, 1.165) is 6.04 Å². The van der Waals surface area contributed by atoms with Crippen LogP contribution in [0.5, 0.6) is 0 Å². The normalized spacial score (nSPS) is 19.4. The molecule has 1 unspecified atom stereocenters. The number of hydrogen-bond acceptors (Lipinski definition) is 1. The molecule has 1 aliphatic rings. The first-order valence-corrected chi connectivity index (χ1v) is 6.46. The Morgan fingerprint density at radius 2 is 1.94 bits per heavy atom. The van der Waals surface area contributed by atoms with Gasteiger partial charge in [-0.2, -0.15) is 0 Å². The zero-order chi connectivity index (χ0) is 11.4. The fraction of sp³-hybridized carbons (Fsp3) is 0.600. The van der Waals surface area contributed by atoms with Gasteiger partial charge in [-0.15, -0.1) is 0 Å². The van der Waals surface area contributed by atoms with Crippen molar-refractivity contribution < 1.29 is 0 Å².